The van der Waals surface area contributed by atoms with Gasteiger partial charge in [-0.1, -0.05) is 18.2 Å². The molecule has 0 unspecified atom stereocenters. The minimum atomic E-state index is -0.486. The first kappa shape index (κ1) is 23.0. The van der Waals surface area contributed by atoms with Gasteiger partial charge in [-0.25, -0.2) is 0 Å². The van der Waals surface area contributed by atoms with Gasteiger partial charge in [0.1, 0.15) is 5.75 Å². The molecule has 8 nitrogen and oxygen atoms in total. The van der Waals surface area contributed by atoms with Gasteiger partial charge in [-0.2, -0.15) is 0 Å². The number of nitro benzene ring substituents is 1. The SMILES string of the molecule is COc1ccccc1NC(=S)Nc1cccc(SCC(=O)Nc2ccc([N+](=O)[O-])cc2)c1. The van der Waals surface area contributed by atoms with Crippen LogP contribution in [-0.4, -0.2) is 28.8 Å². The van der Waals surface area contributed by atoms with Crippen molar-refractivity contribution in [1.82, 2.24) is 0 Å². The Morgan fingerprint density at radius 2 is 1.75 bits per heavy atom. The number of thiocarbonyl (C=S) groups is 1. The van der Waals surface area contributed by atoms with Gasteiger partial charge >= 0.3 is 0 Å². The van der Waals surface area contributed by atoms with E-state index >= 15 is 0 Å². The molecule has 3 aromatic rings. The van der Waals surface area contributed by atoms with Gasteiger partial charge in [0, 0.05) is 28.4 Å². The van der Waals surface area contributed by atoms with Crippen molar-refractivity contribution in [3.8, 4) is 5.75 Å². The Labute approximate surface area is 194 Å². The number of para-hydroxylation sites is 2. The summed E-state index contributed by atoms with van der Waals surface area (Å²) in [6.45, 7) is 0. The van der Waals surface area contributed by atoms with Gasteiger partial charge in [-0.15, -0.1) is 11.8 Å². The van der Waals surface area contributed by atoms with Crippen molar-refractivity contribution in [1.29, 1.82) is 0 Å². The van der Waals surface area contributed by atoms with Crippen LogP contribution in [0.5, 0.6) is 5.75 Å². The van der Waals surface area contributed by atoms with Crippen LogP contribution >= 0.6 is 24.0 Å². The maximum absolute atomic E-state index is 12.2. The molecule has 0 aromatic heterocycles. The van der Waals surface area contributed by atoms with Gasteiger partial charge < -0.3 is 20.7 Å². The molecule has 0 heterocycles. The second kappa shape index (κ2) is 11.1. The van der Waals surface area contributed by atoms with E-state index in [-0.39, 0.29) is 17.3 Å². The van der Waals surface area contributed by atoms with E-state index in [1.54, 1.807) is 7.11 Å². The monoisotopic (exact) mass is 468 g/mol. The normalized spacial score (nSPS) is 10.2. The highest BCUT2D eigenvalue weighted by atomic mass is 32.2. The second-order valence-electron chi connectivity index (χ2n) is 6.45. The molecule has 0 radical (unpaired) electrons. The van der Waals surface area contributed by atoms with E-state index in [9.17, 15) is 14.9 Å². The average molecular weight is 469 g/mol. The molecule has 0 saturated carbocycles. The lowest BCUT2D eigenvalue weighted by atomic mass is 10.3. The summed E-state index contributed by atoms with van der Waals surface area (Å²) in [4.78, 5) is 23.3. The van der Waals surface area contributed by atoms with E-state index in [0.717, 1.165) is 16.3 Å². The fourth-order valence-electron chi connectivity index (χ4n) is 2.71. The summed E-state index contributed by atoms with van der Waals surface area (Å²) in [7, 11) is 1.59. The summed E-state index contributed by atoms with van der Waals surface area (Å²) in [5.74, 6) is 0.653. The van der Waals surface area contributed by atoms with Gasteiger partial charge in [-0.3, -0.25) is 14.9 Å². The third-order valence-corrected chi connectivity index (χ3v) is 5.38. The van der Waals surface area contributed by atoms with E-state index < -0.39 is 4.92 Å². The van der Waals surface area contributed by atoms with Crippen LogP contribution in [0.25, 0.3) is 0 Å². The molecule has 0 spiro atoms. The van der Waals surface area contributed by atoms with Gasteiger partial charge in [0.05, 0.1) is 23.5 Å². The number of hydrogen-bond donors (Lipinski definition) is 3. The van der Waals surface area contributed by atoms with E-state index in [1.807, 2.05) is 48.5 Å². The van der Waals surface area contributed by atoms with Crippen LogP contribution in [0.4, 0.5) is 22.7 Å². The summed E-state index contributed by atoms with van der Waals surface area (Å²) in [5, 5.41) is 20.1. The summed E-state index contributed by atoms with van der Waals surface area (Å²) >= 11 is 6.75. The molecule has 164 valence electrons. The number of amides is 1. The highest BCUT2D eigenvalue weighted by molar-refractivity contribution is 8.00. The number of anilines is 3. The highest BCUT2D eigenvalue weighted by Gasteiger charge is 2.08. The molecule has 10 heteroatoms. The molecule has 0 atom stereocenters. The Morgan fingerprint density at radius 1 is 1.00 bits per heavy atom. The number of carbonyl (C=O) groups is 1. The number of methoxy groups -OCH3 is 1. The van der Waals surface area contributed by atoms with Crippen LogP contribution in [0.15, 0.2) is 77.7 Å². The number of thioether (sulfide) groups is 1. The summed E-state index contributed by atoms with van der Waals surface area (Å²) in [6.07, 6.45) is 0. The molecule has 0 aliphatic carbocycles. The molecule has 0 aliphatic heterocycles. The van der Waals surface area contributed by atoms with Crippen LogP contribution in [0.2, 0.25) is 0 Å². The zero-order chi connectivity index (χ0) is 22.9. The largest absolute Gasteiger partial charge is 0.495 e. The number of hydrogen-bond acceptors (Lipinski definition) is 6. The molecule has 3 N–H and O–H groups in total. The van der Waals surface area contributed by atoms with Gasteiger partial charge in [0.15, 0.2) is 5.11 Å². The fraction of sp³-hybridized carbons (Fsp3) is 0.0909. The number of non-ortho nitro benzene ring substituents is 1. The Hall–Kier alpha value is -3.63. The topological polar surface area (TPSA) is 106 Å². The first-order valence-electron chi connectivity index (χ1n) is 9.43. The van der Waals surface area contributed by atoms with Crippen molar-refractivity contribution in [2.75, 3.05) is 28.8 Å². The molecule has 32 heavy (non-hydrogen) atoms. The lowest BCUT2D eigenvalue weighted by Crippen LogP contribution is -2.19. The molecular formula is C22H20N4O4S2. The first-order valence-corrected chi connectivity index (χ1v) is 10.8. The quantitative estimate of drug-likeness (QED) is 0.181. The van der Waals surface area contributed by atoms with Crippen LogP contribution in [-0.2, 0) is 4.79 Å². The first-order chi connectivity index (χ1) is 15.4. The van der Waals surface area contributed by atoms with E-state index in [4.69, 9.17) is 17.0 Å². The van der Waals surface area contributed by atoms with Crippen molar-refractivity contribution >= 4 is 57.7 Å². The predicted molar refractivity (Wildman–Crippen MR) is 132 cm³/mol. The minimum Gasteiger partial charge on any atom is -0.495 e. The lowest BCUT2D eigenvalue weighted by molar-refractivity contribution is -0.384. The second-order valence-corrected chi connectivity index (χ2v) is 7.91. The molecule has 1 amide bonds. The zero-order valence-electron chi connectivity index (χ0n) is 17.0. The van der Waals surface area contributed by atoms with Crippen molar-refractivity contribution in [2.24, 2.45) is 0 Å². The van der Waals surface area contributed by atoms with Crippen LogP contribution in [0.3, 0.4) is 0 Å². The maximum Gasteiger partial charge on any atom is 0.269 e. The Kier molecular flexibility index (Phi) is 8.01. The molecule has 0 saturated heterocycles. The predicted octanol–water partition coefficient (Wildman–Crippen LogP) is 5.14. The standard InChI is InChI=1S/C22H20N4O4S2/c1-30-20-8-3-2-7-19(20)25-22(31)24-16-5-4-6-18(13-16)32-14-21(27)23-15-9-11-17(12-10-15)26(28)29/h2-13H,14H2,1H3,(H,23,27)(H2,24,25,31). The molecule has 3 aromatic carbocycles. The molecule has 0 bridgehead atoms. The lowest BCUT2D eigenvalue weighted by Gasteiger charge is -2.13. The van der Waals surface area contributed by atoms with Gasteiger partial charge in [0.25, 0.3) is 5.69 Å². The van der Waals surface area contributed by atoms with E-state index in [0.29, 0.717) is 16.5 Å². The van der Waals surface area contributed by atoms with Crippen molar-refractivity contribution in [3.05, 3.63) is 82.9 Å². The summed E-state index contributed by atoms with van der Waals surface area (Å²) < 4.78 is 5.31. The summed E-state index contributed by atoms with van der Waals surface area (Å²) in [5.41, 5.74) is 2.00. The smallest absolute Gasteiger partial charge is 0.269 e. The van der Waals surface area contributed by atoms with E-state index in [2.05, 4.69) is 16.0 Å². The van der Waals surface area contributed by atoms with E-state index in [1.165, 1.54) is 36.0 Å². The number of ether oxygens (including phenoxy) is 1. The molecule has 0 fully saturated rings. The molecular weight excluding hydrogens is 448 g/mol. The zero-order valence-corrected chi connectivity index (χ0v) is 18.7. The number of benzene rings is 3. The number of nitrogens with zero attached hydrogens (tertiary/aromatic N) is 1. The fourth-order valence-corrected chi connectivity index (χ4v) is 3.69. The third-order valence-electron chi connectivity index (χ3n) is 4.18. The van der Waals surface area contributed by atoms with Crippen molar-refractivity contribution < 1.29 is 14.5 Å². The third kappa shape index (κ3) is 6.69. The Bertz CT molecular complexity index is 1120. The van der Waals surface area contributed by atoms with Crippen molar-refractivity contribution in [2.45, 2.75) is 4.90 Å². The Morgan fingerprint density at radius 3 is 2.47 bits per heavy atom. The van der Waals surface area contributed by atoms with Crippen molar-refractivity contribution in [3.63, 3.8) is 0 Å². The molecule has 3 rings (SSSR count). The molecule has 0 aliphatic rings. The average Bonchev–Trinajstić information content (AvgIpc) is 2.78. The number of nitrogens with one attached hydrogen (secondary N) is 3. The number of rotatable bonds is 8. The minimum absolute atomic E-state index is 0.0280. The number of carbonyl (C=O) groups excluding carboxylic acids is 1. The van der Waals surface area contributed by atoms with Crippen LogP contribution in [0, 0.1) is 10.1 Å². The van der Waals surface area contributed by atoms with Crippen LogP contribution in [0.1, 0.15) is 0 Å². The number of nitro groups is 1. The Balaban J connectivity index is 1.52. The van der Waals surface area contributed by atoms with Gasteiger partial charge in [-0.05, 0) is 54.7 Å². The summed E-state index contributed by atoms with van der Waals surface area (Å²) in [6, 6.07) is 20.7. The van der Waals surface area contributed by atoms with Crippen LogP contribution < -0.4 is 20.7 Å². The van der Waals surface area contributed by atoms with Gasteiger partial charge in [0.2, 0.25) is 5.91 Å². The maximum atomic E-state index is 12.2. The highest BCUT2D eigenvalue weighted by Crippen LogP contribution is 2.25.